The molecule has 0 spiro atoms. The van der Waals surface area contributed by atoms with E-state index in [1.54, 1.807) is 37.3 Å². The Bertz CT molecular complexity index is 810. The van der Waals surface area contributed by atoms with Gasteiger partial charge in [-0.3, -0.25) is 0 Å². The molecule has 2 aromatic rings. The van der Waals surface area contributed by atoms with E-state index < -0.39 is 11.9 Å². The fourth-order valence-electron chi connectivity index (χ4n) is 1.87. The molecule has 6 nitrogen and oxygen atoms in total. The van der Waals surface area contributed by atoms with Crippen LogP contribution in [-0.4, -0.2) is 18.5 Å². The van der Waals surface area contributed by atoms with Gasteiger partial charge >= 0.3 is 5.97 Å². The Morgan fingerprint density at radius 3 is 2.78 bits per heavy atom. The molecule has 1 aromatic heterocycles. The van der Waals surface area contributed by atoms with Crippen LogP contribution in [0, 0.1) is 11.3 Å². The molecule has 2 rings (SSSR count). The molecule has 0 radical (unpaired) electrons. The van der Waals surface area contributed by atoms with Gasteiger partial charge in [-0.25, -0.2) is 4.79 Å². The molecule has 0 N–H and O–H groups in total. The summed E-state index contributed by atoms with van der Waals surface area (Å²) < 4.78 is 10.3. The number of furan rings is 1. The van der Waals surface area contributed by atoms with E-state index in [2.05, 4.69) is 0 Å². The van der Waals surface area contributed by atoms with E-state index >= 15 is 0 Å². The lowest BCUT2D eigenvalue weighted by atomic mass is 10.1. The second kappa shape index (κ2) is 7.09. The first kappa shape index (κ1) is 16.0. The summed E-state index contributed by atoms with van der Waals surface area (Å²) in [4.78, 5) is 22.4. The number of carboxylic acid groups (broad SMARTS) is 1. The fraction of sp³-hybridized carbons (Fsp3) is 0.118. The summed E-state index contributed by atoms with van der Waals surface area (Å²) in [5.74, 6) is -1.33. The number of rotatable bonds is 5. The van der Waals surface area contributed by atoms with Crippen LogP contribution in [0.15, 0.2) is 46.4 Å². The van der Waals surface area contributed by atoms with Gasteiger partial charge in [-0.15, -0.1) is 0 Å². The Morgan fingerprint density at radius 1 is 1.35 bits per heavy atom. The molecule has 1 aromatic carbocycles. The number of nitriles is 1. The summed E-state index contributed by atoms with van der Waals surface area (Å²) in [6.45, 7) is 1.81. The highest BCUT2D eigenvalue weighted by atomic mass is 16.5. The van der Waals surface area contributed by atoms with Crippen molar-refractivity contribution in [3.8, 4) is 17.4 Å². The van der Waals surface area contributed by atoms with Gasteiger partial charge in [-0.05, 0) is 30.7 Å². The van der Waals surface area contributed by atoms with Crippen LogP contribution >= 0.6 is 0 Å². The average molecular weight is 310 g/mol. The van der Waals surface area contributed by atoms with Gasteiger partial charge in [0.05, 0.1) is 12.6 Å². The number of esters is 1. The summed E-state index contributed by atoms with van der Waals surface area (Å²) in [6.07, 6.45) is 1.27. The van der Waals surface area contributed by atoms with Crippen molar-refractivity contribution >= 4 is 18.0 Å². The van der Waals surface area contributed by atoms with E-state index in [1.165, 1.54) is 18.2 Å². The van der Waals surface area contributed by atoms with Crippen molar-refractivity contribution in [3.05, 3.63) is 53.3 Å². The zero-order chi connectivity index (χ0) is 16.8. The lowest BCUT2D eigenvalue weighted by Gasteiger charge is -2.03. The minimum Gasteiger partial charge on any atom is -0.545 e. The summed E-state index contributed by atoms with van der Waals surface area (Å²) in [5, 5.41) is 19.8. The van der Waals surface area contributed by atoms with Crippen molar-refractivity contribution in [1.29, 1.82) is 5.26 Å². The standard InChI is InChI=1S/C17H13NO5/c1-2-22-17(21)13(10-18)9-14-6-7-15(23-14)11-4-3-5-12(8-11)16(19)20/h3-9H,2H2,1H3,(H,19,20)/p-1/b13-9-. The van der Waals surface area contributed by atoms with Crippen LogP contribution in [0.25, 0.3) is 17.4 Å². The predicted octanol–water partition coefficient (Wildman–Crippen LogP) is 1.78. The van der Waals surface area contributed by atoms with Gasteiger partial charge in [-0.1, -0.05) is 18.2 Å². The second-order valence-corrected chi connectivity index (χ2v) is 4.46. The van der Waals surface area contributed by atoms with Crippen molar-refractivity contribution in [3.63, 3.8) is 0 Å². The second-order valence-electron chi connectivity index (χ2n) is 4.46. The molecule has 0 unspecified atom stereocenters. The van der Waals surface area contributed by atoms with Crippen molar-refractivity contribution in [2.45, 2.75) is 6.92 Å². The Hall–Kier alpha value is -3.33. The summed E-state index contributed by atoms with van der Waals surface area (Å²) in [6, 6.07) is 11.0. The first-order chi connectivity index (χ1) is 11.0. The van der Waals surface area contributed by atoms with Gasteiger partial charge in [0.1, 0.15) is 23.2 Å². The molecule has 0 aliphatic carbocycles. The van der Waals surface area contributed by atoms with Crippen LogP contribution in [0.5, 0.6) is 0 Å². The van der Waals surface area contributed by atoms with Crippen LogP contribution < -0.4 is 5.11 Å². The molecular formula is C17H12NO5-. The van der Waals surface area contributed by atoms with Crippen LogP contribution in [0.1, 0.15) is 23.0 Å². The van der Waals surface area contributed by atoms with E-state index in [-0.39, 0.29) is 23.5 Å². The number of hydrogen-bond donors (Lipinski definition) is 0. The van der Waals surface area contributed by atoms with Crippen LogP contribution in [0.4, 0.5) is 0 Å². The molecule has 0 saturated carbocycles. The highest BCUT2D eigenvalue weighted by Gasteiger charge is 2.12. The minimum absolute atomic E-state index is 0.0280. The zero-order valence-corrected chi connectivity index (χ0v) is 12.2. The topological polar surface area (TPSA) is 103 Å². The van der Waals surface area contributed by atoms with Gasteiger partial charge < -0.3 is 19.1 Å². The average Bonchev–Trinajstić information content (AvgIpc) is 3.01. The molecule has 116 valence electrons. The van der Waals surface area contributed by atoms with Crippen molar-refractivity contribution < 1.29 is 23.8 Å². The number of hydrogen-bond acceptors (Lipinski definition) is 6. The Labute approximate surface area is 132 Å². The molecule has 1 heterocycles. The molecule has 0 fully saturated rings. The van der Waals surface area contributed by atoms with Gasteiger partial charge in [0, 0.05) is 11.6 Å². The number of carboxylic acids is 1. The van der Waals surface area contributed by atoms with E-state index in [9.17, 15) is 14.7 Å². The van der Waals surface area contributed by atoms with Crippen LogP contribution in [-0.2, 0) is 9.53 Å². The van der Waals surface area contributed by atoms with Crippen molar-refractivity contribution in [2.24, 2.45) is 0 Å². The number of carbonyl (C=O) groups excluding carboxylic acids is 2. The summed E-state index contributed by atoms with van der Waals surface area (Å²) >= 11 is 0. The van der Waals surface area contributed by atoms with Crippen LogP contribution in [0.3, 0.4) is 0 Å². The van der Waals surface area contributed by atoms with E-state index in [0.29, 0.717) is 11.3 Å². The van der Waals surface area contributed by atoms with Crippen molar-refractivity contribution in [2.75, 3.05) is 6.61 Å². The number of aromatic carboxylic acids is 1. The van der Waals surface area contributed by atoms with Gasteiger partial charge in [0.2, 0.25) is 0 Å². The molecule has 23 heavy (non-hydrogen) atoms. The smallest absolute Gasteiger partial charge is 0.349 e. The third kappa shape index (κ3) is 3.86. The number of nitrogens with zero attached hydrogens (tertiary/aromatic N) is 1. The Balaban J connectivity index is 2.30. The van der Waals surface area contributed by atoms with E-state index in [4.69, 9.17) is 14.4 Å². The Morgan fingerprint density at radius 2 is 2.13 bits per heavy atom. The lowest BCUT2D eigenvalue weighted by Crippen LogP contribution is -2.22. The number of carbonyl (C=O) groups is 2. The highest BCUT2D eigenvalue weighted by molar-refractivity contribution is 5.97. The van der Waals surface area contributed by atoms with E-state index in [1.807, 2.05) is 0 Å². The fourth-order valence-corrected chi connectivity index (χ4v) is 1.87. The normalized spacial score (nSPS) is 10.9. The maximum absolute atomic E-state index is 11.5. The van der Waals surface area contributed by atoms with Gasteiger partial charge in [0.15, 0.2) is 0 Å². The monoisotopic (exact) mass is 310 g/mol. The van der Waals surface area contributed by atoms with Gasteiger partial charge in [0.25, 0.3) is 0 Å². The molecule has 0 atom stereocenters. The third-order valence-electron chi connectivity index (χ3n) is 2.91. The molecule has 0 aliphatic rings. The third-order valence-corrected chi connectivity index (χ3v) is 2.91. The Kier molecular flexibility index (Phi) is 4.95. The maximum Gasteiger partial charge on any atom is 0.349 e. The lowest BCUT2D eigenvalue weighted by molar-refractivity contribution is -0.255. The first-order valence-electron chi connectivity index (χ1n) is 6.75. The molecule has 0 bridgehead atoms. The molecule has 0 amide bonds. The first-order valence-corrected chi connectivity index (χ1v) is 6.75. The quantitative estimate of drug-likeness (QED) is 0.473. The number of ether oxygens (including phenoxy) is 1. The predicted molar refractivity (Wildman–Crippen MR) is 78.7 cm³/mol. The SMILES string of the molecule is CCOC(=O)/C(C#N)=C\c1ccc(-c2cccc(C(=O)[O-])c2)o1. The van der Waals surface area contributed by atoms with Crippen molar-refractivity contribution in [1.82, 2.24) is 0 Å². The zero-order valence-electron chi connectivity index (χ0n) is 12.2. The van der Waals surface area contributed by atoms with Crippen LogP contribution in [0.2, 0.25) is 0 Å². The summed E-state index contributed by atoms with van der Waals surface area (Å²) in [5.41, 5.74) is 0.387. The molecule has 6 heteroatoms. The van der Waals surface area contributed by atoms with Gasteiger partial charge in [-0.2, -0.15) is 5.26 Å². The largest absolute Gasteiger partial charge is 0.545 e. The number of benzene rings is 1. The summed E-state index contributed by atoms with van der Waals surface area (Å²) in [7, 11) is 0. The van der Waals surface area contributed by atoms with E-state index in [0.717, 1.165) is 0 Å². The highest BCUT2D eigenvalue weighted by Crippen LogP contribution is 2.24. The molecule has 0 aliphatic heterocycles. The molecule has 0 saturated heterocycles. The molecular weight excluding hydrogens is 298 g/mol. The minimum atomic E-state index is -1.28. The maximum atomic E-state index is 11.5.